The van der Waals surface area contributed by atoms with E-state index >= 15 is 0 Å². The molecule has 0 aliphatic heterocycles. The van der Waals surface area contributed by atoms with Gasteiger partial charge in [0, 0.05) is 12.1 Å². The maximum absolute atomic E-state index is 12.2. The zero-order chi connectivity index (χ0) is 17.7. The normalized spacial score (nSPS) is 11.6. The van der Waals surface area contributed by atoms with Crippen molar-refractivity contribution in [2.75, 3.05) is 0 Å². The second-order valence-electron chi connectivity index (χ2n) is 5.87. The standard InChI is InChI=1S/C19H21N3O2/c1-12-16(14(3)22-19(24)17(12)11-20)9-10-18(23)21-13(2)15-7-5-4-6-8-15/h4-8,13H,9-10H2,1-3H3,(H,21,23)(H,22,24)/t13-/m0/s1. The lowest BCUT2D eigenvalue weighted by Gasteiger charge is -2.15. The Morgan fingerprint density at radius 3 is 2.58 bits per heavy atom. The Bertz CT molecular complexity index is 832. The van der Waals surface area contributed by atoms with Gasteiger partial charge in [0.1, 0.15) is 11.6 Å². The summed E-state index contributed by atoms with van der Waals surface area (Å²) in [5, 5.41) is 12.1. The Balaban J connectivity index is 2.05. The van der Waals surface area contributed by atoms with E-state index < -0.39 is 0 Å². The van der Waals surface area contributed by atoms with Crippen molar-refractivity contribution in [2.45, 2.75) is 39.7 Å². The van der Waals surface area contributed by atoms with Crippen LogP contribution in [0.4, 0.5) is 0 Å². The maximum atomic E-state index is 12.2. The van der Waals surface area contributed by atoms with Gasteiger partial charge in [-0.05, 0) is 43.9 Å². The van der Waals surface area contributed by atoms with Gasteiger partial charge in [-0.15, -0.1) is 0 Å². The number of nitrogens with one attached hydrogen (secondary N) is 2. The second kappa shape index (κ2) is 7.60. The molecule has 0 bridgehead atoms. The number of nitriles is 1. The topological polar surface area (TPSA) is 85.8 Å². The summed E-state index contributed by atoms with van der Waals surface area (Å²) in [6.07, 6.45) is 0.784. The number of aromatic amines is 1. The van der Waals surface area contributed by atoms with E-state index in [1.807, 2.05) is 43.3 Å². The highest BCUT2D eigenvalue weighted by atomic mass is 16.1. The minimum Gasteiger partial charge on any atom is -0.350 e. The Hall–Kier alpha value is -2.87. The lowest BCUT2D eigenvalue weighted by atomic mass is 9.99. The fraction of sp³-hybridized carbons (Fsp3) is 0.316. The first-order valence-electron chi connectivity index (χ1n) is 7.90. The lowest BCUT2D eigenvalue weighted by molar-refractivity contribution is -0.121. The SMILES string of the molecule is Cc1[nH]c(=O)c(C#N)c(C)c1CCC(=O)N[C@@H](C)c1ccccc1. The van der Waals surface area contributed by atoms with Crippen molar-refractivity contribution in [3.8, 4) is 6.07 Å². The summed E-state index contributed by atoms with van der Waals surface area (Å²) in [7, 11) is 0. The molecular formula is C19H21N3O2. The molecule has 0 saturated carbocycles. The van der Waals surface area contributed by atoms with Crippen LogP contribution in [0.2, 0.25) is 0 Å². The molecule has 1 heterocycles. The zero-order valence-electron chi connectivity index (χ0n) is 14.1. The van der Waals surface area contributed by atoms with Gasteiger partial charge in [0.15, 0.2) is 0 Å². The molecule has 0 aliphatic carbocycles. The number of benzene rings is 1. The second-order valence-corrected chi connectivity index (χ2v) is 5.87. The summed E-state index contributed by atoms with van der Waals surface area (Å²) < 4.78 is 0. The average molecular weight is 323 g/mol. The van der Waals surface area contributed by atoms with E-state index in [0.29, 0.717) is 24.1 Å². The van der Waals surface area contributed by atoms with Crippen LogP contribution in [-0.2, 0) is 11.2 Å². The summed E-state index contributed by atoms with van der Waals surface area (Å²) in [6.45, 7) is 5.48. The van der Waals surface area contributed by atoms with Gasteiger partial charge >= 0.3 is 0 Å². The van der Waals surface area contributed by atoms with Crippen molar-refractivity contribution in [1.29, 1.82) is 5.26 Å². The van der Waals surface area contributed by atoms with Crippen LogP contribution in [0.15, 0.2) is 35.1 Å². The molecule has 2 N–H and O–H groups in total. The molecule has 0 unspecified atom stereocenters. The Labute approximate surface area is 141 Å². The first kappa shape index (κ1) is 17.5. The molecule has 2 aromatic rings. The van der Waals surface area contributed by atoms with Crippen LogP contribution in [-0.4, -0.2) is 10.9 Å². The van der Waals surface area contributed by atoms with Gasteiger partial charge < -0.3 is 10.3 Å². The molecule has 1 aromatic heterocycles. The number of H-pyrrole nitrogens is 1. The fourth-order valence-electron chi connectivity index (χ4n) is 2.80. The lowest BCUT2D eigenvalue weighted by Crippen LogP contribution is -2.27. The summed E-state index contributed by atoms with van der Waals surface area (Å²) in [4.78, 5) is 26.6. The number of pyridine rings is 1. The molecule has 2 rings (SSSR count). The summed E-state index contributed by atoms with van der Waals surface area (Å²) in [6, 6.07) is 11.6. The fourth-order valence-corrected chi connectivity index (χ4v) is 2.80. The third-order valence-corrected chi connectivity index (χ3v) is 4.20. The first-order valence-corrected chi connectivity index (χ1v) is 7.90. The monoisotopic (exact) mass is 323 g/mol. The highest BCUT2D eigenvalue weighted by Gasteiger charge is 2.14. The highest BCUT2D eigenvalue weighted by molar-refractivity contribution is 5.76. The van der Waals surface area contributed by atoms with Crippen molar-refractivity contribution < 1.29 is 4.79 Å². The van der Waals surface area contributed by atoms with Gasteiger partial charge in [0.05, 0.1) is 6.04 Å². The van der Waals surface area contributed by atoms with Crippen LogP contribution >= 0.6 is 0 Å². The van der Waals surface area contributed by atoms with E-state index in [1.54, 1.807) is 13.8 Å². The largest absolute Gasteiger partial charge is 0.350 e. The van der Waals surface area contributed by atoms with Crippen LogP contribution in [0, 0.1) is 25.2 Å². The zero-order valence-corrected chi connectivity index (χ0v) is 14.1. The van der Waals surface area contributed by atoms with Gasteiger partial charge in [0.2, 0.25) is 5.91 Å². The molecule has 24 heavy (non-hydrogen) atoms. The third kappa shape index (κ3) is 3.90. The Morgan fingerprint density at radius 2 is 1.96 bits per heavy atom. The molecule has 1 aromatic carbocycles. The van der Waals surface area contributed by atoms with Gasteiger partial charge in [-0.25, -0.2) is 0 Å². The molecular weight excluding hydrogens is 302 g/mol. The smallest absolute Gasteiger partial charge is 0.266 e. The number of aryl methyl sites for hydroxylation is 1. The third-order valence-electron chi connectivity index (χ3n) is 4.20. The van der Waals surface area contributed by atoms with Crippen molar-refractivity contribution in [1.82, 2.24) is 10.3 Å². The predicted molar refractivity (Wildman–Crippen MR) is 92.6 cm³/mol. The minimum atomic E-state index is -0.376. The van der Waals surface area contributed by atoms with Crippen LogP contribution in [0.5, 0.6) is 0 Å². The molecule has 5 nitrogen and oxygen atoms in total. The van der Waals surface area contributed by atoms with Crippen LogP contribution < -0.4 is 10.9 Å². The molecule has 0 radical (unpaired) electrons. The number of nitrogens with zero attached hydrogens (tertiary/aromatic N) is 1. The Kier molecular flexibility index (Phi) is 5.54. The molecule has 0 fully saturated rings. The van der Waals surface area contributed by atoms with E-state index in [1.165, 1.54) is 0 Å². The van der Waals surface area contributed by atoms with Gasteiger partial charge in [-0.1, -0.05) is 30.3 Å². The number of hydrogen-bond acceptors (Lipinski definition) is 3. The summed E-state index contributed by atoms with van der Waals surface area (Å²) in [5.74, 6) is -0.0603. The number of carbonyl (C=O) groups excluding carboxylic acids is 1. The molecule has 0 saturated heterocycles. The van der Waals surface area contributed by atoms with Crippen molar-refractivity contribution in [3.05, 3.63) is 68.6 Å². The van der Waals surface area contributed by atoms with E-state index in [-0.39, 0.29) is 23.1 Å². The molecule has 1 atom stereocenters. The Morgan fingerprint density at radius 1 is 1.29 bits per heavy atom. The molecule has 0 aliphatic rings. The number of amides is 1. The van der Waals surface area contributed by atoms with Gasteiger partial charge in [-0.3, -0.25) is 9.59 Å². The predicted octanol–water partition coefficient (Wildman–Crippen LogP) is 2.67. The van der Waals surface area contributed by atoms with Gasteiger partial charge in [-0.2, -0.15) is 5.26 Å². The van der Waals surface area contributed by atoms with Crippen LogP contribution in [0.25, 0.3) is 0 Å². The molecule has 1 amide bonds. The minimum absolute atomic E-state index is 0.0603. The number of carbonyl (C=O) groups is 1. The van der Waals surface area contributed by atoms with Crippen LogP contribution in [0.3, 0.4) is 0 Å². The maximum Gasteiger partial charge on any atom is 0.266 e. The summed E-state index contributed by atoms with van der Waals surface area (Å²) in [5.41, 5.74) is 3.01. The van der Waals surface area contributed by atoms with Crippen LogP contribution in [0.1, 0.15) is 47.3 Å². The van der Waals surface area contributed by atoms with Crippen molar-refractivity contribution >= 4 is 5.91 Å². The van der Waals surface area contributed by atoms with Crippen molar-refractivity contribution in [2.24, 2.45) is 0 Å². The highest BCUT2D eigenvalue weighted by Crippen LogP contribution is 2.16. The number of aromatic nitrogens is 1. The quantitative estimate of drug-likeness (QED) is 0.887. The molecule has 5 heteroatoms. The number of rotatable bonds is 5. The molecule has 0 spiro atoms. The van der Waals surface area contributed by atoms with E-state index in [2.05, 4.69) is 10.3 Å². The van der Waals surface area contributed by atoms with E-state index in [9.17, 15) is 9.59 Å². The number of hydrogen-bond donors (Lipinski definition) is 2. The van der Waals surface area contributed by atoms with Gasteiger partial charge in [0.25, 0.3) is 5.56 Å². The van der Waals surface area contributed by atoms with E-state index in [4.69, 9.17) is 5.26 Å². The first-order chi connectivity index (χ1) is 11.4. The summed E-state index contributed by atoms with van der Waals surface area (Å²) >= 11 is 0. The van der Waals surface area contributed by atoms with E-state index in [0.717, 1.165) is 11.1 Å². The van der Waals surface area contributed by atoms with Crippen molar-refractivity contribution in [3.63, 3.8) is 0 Å². The average Bonchev–Trinajstić information content (AvgIpc) is 2.55. The molecule has 124 valence electrons.